The van der Waals surface area contributed by atoms with E-state index >= 15 is 0 Å². The van der Waals surface area contributed by atoms with Crippen LogP contribution in [0, 0.1) is 11.6 Å². The first kappa shape index (κ1) is 16.8. The Kier molecular flexibility index (Phi) is 4.12. The Labute approximate surface area is 142 Å². The lowest BCUT2D eigenvalue weighted by Gasteiger charge is -2.22. The fourth-order valence-corrected chi connectivity index (χ4v) is 2.69. The number of halogens is 2. The number of hydrogen-bond acceptors (Lipinski definition) is 4. The summed E-state index contributed by atoms with van der Waals surface area (Å²) in [5.41, 5.74) is -0.891. The number of aromatic nitrogens is 1. The van der Waals surface area contributed by atoms with Crippen LogP contribution in [0.25, 0.3) is 0 Å². The summed E-state index contributed by atoms with van der Waals surface area (Å²) >= 11 is 0. The zero-order chi connectivity index (χ0) is 18.2. The molecule has 3 amide bonds. The van der Waals surface area contributed by atoms with Crippen molar-refractivity contribution in [2.24, 2.45) is 0 Å². The third-order valence-corrected chi connectivity index (χ3v) is 4.06. The van der Waals surface area contributed by atoms with Crippen molar-refractivity contribution in [2.75, 3.05) is 7.11 Å². The number of nitrogens with one attached hydrogen (secondary N) is 1. The minimum Gasteiger partial charge on any atom is -0.481 e. The van der Waals surface area contributed by atoms with Crippen molar-refractivity contribution in [1.29, 1.82) is 0 Å². The summed E-state index contributed by atoms with van der Waals surface area (Å²) in [6.07, 6.45) is 1.48. The van der Waals surface area contributed by atoms with E-state index < -0.39 is 29.1 Å². The third kappa shape index (κ3) is 3.02. The van der Waals surface area contributed by atoms with Crippen LogP contribution in [0.5, 0.6) is 5.88 Å². The molecule has 6 nitrogen and oxygen atoms in total. The molecule has 0 radical (unpaired) electrons. The van der Waals surface area contributed by atoms with Crippen molar-refractivity contribution in [2.45, 2.75) is 19.0 Å². The zero-order valence-corrected chi connectivity index (χ0v) is 13.5. The predicted octanol–water partition coefficient (Wildman–Crippen LogP) is 2.34. The number of ether oxygens (including phenoxy) is 1. The van der Waals surface area contributed by atoms with Gasteiger partial charge in [-0.1, -0.05) is 6.07 Å². The first-order valence-electron chi connectivity index (χ1n) is 7.43. The number of urea groups is 1. The van der Waals surface area contributed by atoms with E-state index in [1.54, 1.807) is 12.1 Å². The fourth-order valence-electron chi connectivity index (χ4n) is 2.69. The molecule has 1 fully saturated rings. The maximum absolute atomic E-state index is 13.5. The molecular weight excluding hydrogens is 332 g/mol. The maximum atomic E-state index is 13.5. The predicted molar refractivity (Wildman–Crippen MR) is 83.6 cm³/mol. The zero-order valence-electron chi connectivity index (χ0n) is 13.5. The van der Waals surface area contributed by atoms with Gasteiger partial charge in [0.2, 0.25) is 5.88 Å². The van der Waals surface area contributed by atoms with Gasteiger partial charge in [0.25, 0.3) is 5.91 Å². The molecule has 1 atom stereocenters. The fraction of sp³-hybridized carbons (Fsp3) is 0.235. The van der Waals surface area contributed by atoms with E-state index in [4.69, 9.17) is 4.74 Å². The van der Waals surface area contributed by atoms with Crippen molar-refractivity contribution in [3.05, 3.63) is 59.3 Å². The van der Waals surface area contributed by atoms with Gasteiger partial charge in [-0.3, -0.25) is 9.69 Å². The number of pyridine rings is 1. The van der Waals surface area contributed by atoms with Crippen LogP contribution in [0.15, 0.2) is 36.5 Å². The van der Waals surface area contributed by atoms with Gasteiger partial charge in [0.15, 0.2) is 0 Å². The summed E-state index contributed by atoms with van der Waals surface area (Å²) in [7, 11) is 1.48. The van der Waals surface area contributed by atoms with Crippen LogP contribution in [0.1, 0.15) is 18.1 Å². The van der Waals surface area contributed by atoms with Crippen LogP contribution in [0.4, 0.5) is 13.6 Å². The van der Waals surface area contributed by atoms with Gasteiger partial charge >= 0.3 is 6.03 Å². The molecule has 0 saturated carbocycles. The summed E-state index contributed by atoms with van der Waals surface area (Å²) in [5.74, 6) is -1.84. The highest BCUT2D eigenvalue weighted by Gasteiger charge is 2.49. The Bertz CT molecular complexity index is 821. The lowest BCUT2D eigenvalue weighted by molar-refractivity contribution is -0.131. The summed E-state index contributed by atoms with van der Waals surface area (Å²) in [6, 6.07) is 5.39. The van der Waals surface area contributed by atoms with Gasteiger partial charge in [0.1, 0.15) is 17.2 Å². The van der Waals surface area contributed by atoms with Crippen molar-refractivity contribution < 1.29 is 23.1 Å². The molecule has 2 heterocycles. The van der Waals surface area contributed by atoms with Crippen molar-refractivity contribution in [3.63, 3.8) is 0 Å². The first-order valence-corrected chi connectivity index (χ1v) is 7.43. The molecule has 0 unspecified atom stereocenters. The molecule has 1 aliphatic heterocycles. The number of amides is 3. The number of benzene rings is 1. The van der Waals surface area contributed by atoms with Crippen LogP contribution in [-0.2, 0) is 16.9 Å². The molecule has 1 N–H and O–H groups in total. The summed E-state index contributed by atoms with van der Waals surface area (Å²) in [5, 5.41) is 2.50. The van der Waals surface area contributed by atoms with E-state index in [1.165, 1.54) is 20.2 Å². The van der Waals surface area contributed by atoms with Gasteiger partial charge in [0.05, 0.1) is 13.7 Å². The van der Waals surface area contributed by atoms with Crippen LogP contribution < -0.4 is 10.1 Å². The summed E-state index contributed by atoms with van der Waals surface area (Å²) in [6.45, 7) is 1.39. The molecule has 0 aliphatic carbocycles. The van der Waals surface area contributed by atoms with Crippen LogP contribution in [-0.4, -0.2) is 28.9 Å². The quantitative estimate of drug-likeness (QED) is 0.862. The number of carbonyl (C=O) groups excluding carboxylic acids is 2. The summed E-state index contributed by atoms with van der Waals surface area (Å²) in [4.78, 5) is 30.0. The molecule has 130 valence electrons. The van der Waals surface area contributed by atoms with E-state index in [1.807, 2.05) is 0 Å². The van der Waals surface area contributed by atoms with Crippen LogP contribution >= 0.6 is 0 Å². The van der Waals surface area contributed by atoms with Gasteiger partial charge in [-0.2, -0.15) is 0 Å². The average Bonchev–Trinajstić information content (AvgIpc) is 2.79. The molecule has 1 saturated heterocycles. The molecule has 1 aromatic heterocycles. The maximum Gasteiger partial charge on any atom is 0.325 e. The Morgan fingerprint density at radius 3 is 2.44 bits per heavy atom. The third-order valence-electron chi connectivity index (χ3n) is 4.06. The second-order valence-electron chi connectivity index (χ2n) is 5.81. The molecule has 8 heteroatoms. The van der Waals surface area contributed by atoms with Gasteiger partial charge in [-0.25, -0.2) is 18.6 Å². The highest BCUT2D eigenvalue weighted by molar-refractivity contribution is 6.07. The van der Waals surface area contributed by atoms with Crippen molar-refractivity contribution in [1.82, 2.24) is 15.2 Å². The number of rotatable bonds is 4. The van der Waals surface area contributed by atoms with E-state index in [2.05, 4.69) is 10.3 Å². The standard InChI is InChI=1S/C17H15F2N3O3/c1-17(11-5-12(18)7-13(19)6-11)15(23)22(16(24)21-17)9-10-3-4-14(25-2)20-8-10/h3-8H,9H2,1-2H3,(H,21,24)/t17-/m0/s1. The second kappa shape index (κ2) is 6.12. The Hall–Kier alpha value is -3.03. The minimum atomic E-state index is -1.54. The van der Waals surface area contributed by atoms with Gasteiger partial charge in [-0.05, 0) is 30.2 Å². The summed E-state index contributed by atoms with van der Waals surface area (Å²) < 4.78 is 31.9. The van der Waals surface area contributed by atoms with Crippen molar-refractivity contribution in [3.8, 4) is 5.88 Å². The number of methoxy groups -OCH3 is 1. The molecule has 0 spiro atoms. The number of nitrogens with zero attached hydrogens (tertiary/aromatic N) is 2. The van der Waals surface area contributed by atoms with Gasteiger partial charge in [-0.15, -0.1) is 0 Å². The van der Waals surface area contributed by atoms with Crippen molar-refractivity contribution >= 4 is 11.9 Å². The van der Waals surface area contributed by atoms with Crippen LogP contribution in [0.3, 0.4) is 0 Å². The molecular formula is C17H15F2N3O3. The monoisotopic (exact) mass is 347 g/mol. The minimum absolute atomic E-state index is 0.0188. The largest absolute Gasteiger partial charge is 0.481 e. The highest BCUT2D eigenvalue weighted by Crippen LogP contribution is 2.30. The van der Waals surface area contributed by atoms with Gasteiger partial charge < -0.3 is 10.1 Å². The second-order valence-corrected chi connectivity index (χ2v) is 5.81. The van der Waals surface area contributed by atoms with Gasteiger partial charge in [0, 0.05) is 18.3 Å². The Morgan fingerprint density at radius 2 is 1.88 bits per heavy atom. The smallest absolute Gasteiger partial charge is 0.325 e. The van der Waals surface area contributed by atoms with E-state index in [9.17, 15) is 18.4 Å². The Balaban J connectivity index is 1.88. The topological polar surface area (TPSA) is 71.5 Å². The number of carbonyl (C=O) groups is 2. The molecule has 1 aliphatic rings. The van der Waals surface area contributed by atoms with E-state index in [0.717, 1.165) is 17.0 Å². The Morgan fingerprint density at radius 1 is 1.20 bits per heavy atom. The SMILES string of the molecule is COc1ccc(CN2C(=O)N[C@@](C)(c3cc(F)cc(F)c3)C2=O)cn1. The normalized spacial score (nSPS) is 19.9. The molecule has 2 aromatic rings. The number of hydrogen-bond donors (Lipinski definition) is 1. The van der Waals surface area contributed by atoms with E-state index in [0.29, 0.717) is 17.5 Å². The number of imide groups is 1. The molecule has 25 heavy (non-hydrogen) atoms. The molecule has 3 rings (SSSR count). The highest BCUT2D eigenvalue weighted by atomic mass is 19.1. The lowest BCUT2D eigenvalue weighted by atomic mass is 9.92. The average molecular weight is 347 g/mol. The lowest BCUT2D eigenvalue weighted by Crippen LogP contribution is -2.41. The van der Waals surface area contributed by atoms with Crippen LogP contribution in [0.2, 0.25) is 0 Å². The molecule has 1 aromatic carbocycles. The van der Waals surface area contributed by atoms with E-state index in [-0.39, 0.29) is 12.1 Å². The first-order chi connectivity index (χ1) is 11.8. The molecule has 0 bridgehead atoms.